The fourth-order valence-corrected chi connectivity index (χ4v) is 2.87. The number of nitrogens with one attached hydrogen (secondary N) is 1. The van der Waals surface area contributed by atoms with E-state index in [1.165, 1.54) is 12.2 Å². The number of nitrogens with two attached hydrogens (primary N) is 1. The Morgan fingerprint density at radius 2 is 2.14 bits per heavy atom. The number of rotatable bonds is 1. The lowest BCUT2D eigenvalue weighted by Crippen LogP contribution is -2.45. The fraction of sp³-hybridized carbons (Fsp3) is 0.900. The number of aliphatic imine (C=N–C) groups is 1. The van der Waals surface area contributed by atoms with Crippen LogP contribution < -0.4 is 11.3 Å². The van der Waals surface area contributed by atoms with Crippen LogP contribution in [0, 0.1) is 0 Å². The van der Waals surface area contributed by atoms with Gasteiger partial charge in [0.1, 0.15) is 5.84 Å². The number of hydrogen-bond donors (Lipinski definition) is 2. The zero-order valence-corrected chi connectivity index (χ0v) is 10.4. The maximum atomic E-state index is 5.55. The van der Waals surface area contributed by atoms with E-state index in [1.54, 1.807) is 0 Å². The van der Waals surface area contributed by atoms with E-state index < -0.39 is 0 Å². The third-order valence-electron chi connectivity index (χ3n) is 2.30. The topological polar surface area (TPSA) is 50.4 Å². The van der Waals surface area contributed by atoms with Crippen LogP contribution in [0.2, 0.25) is 0 Å². The second-order valence-electron chi connectivity index (χ2n) is 4.96. The Hall–Kier alpha value is -0.220. The van der Waals surface area contributed by atoms with Gasteiger partial charge >= 0.3 is 0 Å². The second-order valence-corrected chi connectivity index (χ2v) is 6.56. The molecule has 14 heavy (non-hydrogen) atoms. The van der Waals surface area contributed by atoms with Crippen LogP contribution in [0.3, 0.4) is 0 Å². The van der Waals surface area contributed by atoms with Crippen molar-refractivity contribution in [3.63, 3.8) is 0 Å². The lowest BCUT2D eigenvalue weighted by molar-refractivity contribution is 0.569. The van der Waals surface area contributed by atoms with E-state index in [-0.39, 0.29) is 10.3 Å². The van der Waals surface area contributed by atoms with Crippen LogP contribution in [0.4, 0.5) is 0 Å². The Balaban J connectivity index is 2.85. The van der Waals surface area contributed by atoms with Crippen molar-refractivity contribution in [1.82, 2.24) is 5.43 Å². The molecule has 0 aliphatic carbocycles. The highest BCUT2D eigenvalue weighted by Gasteiger charge is 2.35. The van der Waals surface area contributed by atoms with E-state index in [1.807, 2.05) is 11.8 Å². The Bertz CT molecular complexity index is 224. The molecular formula is C10H21N3S. The zero-order chi connectivity index (χ0) is 10.8. The summed E-state index contributed by atoms with van der Waals surface area (Å²) in [6.45, 7) is 8.49. The summed E-state index contributed by atoms with van der Waals surface area (Å²) in [6, 6.07) is 0. The van der Waals surface area contributed by atoms with Gasteiger partial charge in [-0.3, -0.25) is 4.99 Å². The summed E-state index contributed by atoms with van der Waals surface area (Å²) in [6.07, 6.45) is 2.42. The van der Waals surface area contributed by atoms with Gasteiger partial charge in [0.15, 0.2) is 0 Å². The molecule has 0 bridgehead atoms. The molecular weight excluding hydrogens is 194 g/mol. The number of nitrogens with zero attached hydrogens (tertiary/aromatic N) is 1. The molecule has 82 valence electrons. The molecule has 0 aromatic heterocycles. The van der Waals surface area contributed by atoms with Crippen molar-refractivity contribution in [3.8, 4) is 0 Å². The molecule has 0 spiro atoms. The Kier molecular flexibility index (Phi) is 3.48. The van der Waals surface area contributed by atoms with Crippen LogP contribution in [-0.4, -0.2) is 21.9 Å². The van der Waals surface area contributed by atoms with Crippen molar-refractivity contribution in [2.75, 3.05) is 5.75 Å². The molecule has 1 unspecified atom stereocenters. The minimum Gasteiger partial charge on any atom is -0.311 e. The fourth-order valence-electron chi connectivity index (χ4n) is 1.60. The molecule has 0 saturated carbocycles. The first-order valence-corrected chi connectivity index (χ1v) is 6.07. The SMILES string of the molecule is CC(C)(C)N=C(NN)C1(C)CCCS1. The van der Waals surface area contributed by atoms with Gasteiger partial charge in [-0.15, -0.1) is 11.8 Å². The molecule has 1 fully saturated rings. The van der Waals surface area contributed by atoms with E-state index in [0.717, 1.165) is 12.3 Å². The van der Waals surface area contributed by atoms with E-state index in [2.05, 4.69) is 38.1 Å². The largest absolute Gasteiger partial charge is 0.311 e. The molecule has 0 amide bonds. The minimum absolute atomic E-state index is 0.0616. The first kappa shape index (κ1) is 11.9. The van der Waals surface area contributed by atoms with Crippen LogP contribution in [0.25, 0.3) is 0 Å². The van der Waals surface area contributed by atoms with E-state index >= 15 is 0 Å². The summed E-state index contributed by atoms with van der Waals surface area (Å²) in [5.41, 5.74) is 2.71. The standard InChI is InChI=1S/C10H21N3S/c1-9(2,3)12-8(13-11)10(4)6-5-7-14-10/h5-7,11H2,1-4H3,(H,12,13). The molecule has 1 heterocycles. The summed E-state index contributed by atoms with van der Waals surface area (Å²) in [7, 11) is 0. The summed E-state index contributed by atoms with van der Waals surface area (Å²) in [5.74, 6) is 7.70. The van der Waals surface area contributed by atoms with Crippen LogP contribution in [0.5, 0.6) is 0 Å². The lowest BCUT2D eigenvalue weighted by Gasteiger charge is -2.27. The molecule has 1 aliphatic heterocycles. The maximum absolute atomic E-state index is 5.55. The van der Waals surface area contributed by atoms with E-state index in [4.69, 9.17) is 5.84 Å². The molecule has 0 aromatic rings. The maximum Gasteiger partial charge on any atom is 0.127 e. The van der Waals surface area contributed by atoms with Crippen LogP contribution in [0.15, 0.2) is 4.99 Å². The van der Waals surface area contributed by atoms with Crippen molar-refractivity contribution in [2.24, 2.45) is 10.8 Å². The van der Waals surface area contributed by atoms with Gasteiger partial charge in [-0.2, -0.15) is 0 Å². The summed E-state index contributed by atoms with van der Waals surface area (Å²) in [5, 5.41) is 0. The molecule has 1 rings (SSSR count). The third kappa shape index (κ3) is 2.89. The molecule has 1 saturated heterocycles. The Labute approximate surface area is 90.9 Å². The minimum atomic E-state index is -0.0616. The lowest BCUT2D eigenvalue weighted by atomic mass is 10.0. The second kappa shape index (κ2) is 4.11. The first-order valence-electron chi connectivity index (χ1n) is 5.08. The quantitative estimate of drug-likeness (QED) is 0.304. The van der Waals surface area contributed by atoms with Crippen molar-refractivity contribution < 1.29 is 0 Å². The monoisotopic (exact) mass is 215 g/mol. The van der Waals surface area contributed by atoms with Gasteiger partial charge in [-0.05, 0) is 46.3 Å². The molecule has 3 nitrogen and oxygen atoms in total. The first-order chi connectivity index (χ1) is 6.37. The molecule has 1 aliphatic rings. The third-order valence-corrected chi connectivity index (χ3v) is 3.83. The van der Waals surface area contributed by atoms with E-state index in [9.17, 15) is 0 Å². The molecule has 4 heteroatoms. The van der Waals surface area contributed by atoms with Crippen LogP contribution >= 0.6 is 11.8 Å². The molecule has 1 atom stereocenters. The van der Waals surface area contributed by atoms with Crippen LogP contribution in [-0.2, 0) is 0 Å². The van der Waals surface area contributed by atoms with Crippen molar-refractivity contribution in [1.29, 1.82) is 0 Å². The van der Waals surface area contributed by atoms with Gasteiger partial charge in [-0.25, -0.2) is 5.84 Å². The van der Waals surface area contributed by atoms with Crippen molar-refractivity contribution in [3.05, 3.63) is 0 Å². The highest BCUT2D eigenvalue weighted by atomic mass is 32.2. The van der Waals surface area contributed by atoms with E-state index in [0.29, 0.717) is 0 Å². The number of amidine groups is 1. The average Bonchev–Trinajstić information content (AvgIpc) is 2.47. The van der Waals surface area contributed by atoms with Gasteiger partial charge in [0.05, 0.1) is 10.3 Å². The van der Waals surface area contributed by atoms with Crippen molar-refractivity contribution >= 4 is 17.6 Å². The van der Waals surface area contributed by atoms with Gasteiger partial charge < -0.3 is 5.43 Å². The Morgan fingerprint density at radius 3 is 2.50 bits per heavy atom. The summed E-state index contributed by atoms with van der Waals surface area (Å²) < 4.78 is 0.0992. The summed E-state index contributed by atoms with van der Waals surface area (Å²) >= 11 is 1.94. The van der Waals surface area contributed by atoms with Gasteiger partial charge in [0.2, 0.25) is 0 Å². The predicted octanol–water partition coefficient (Wildman–Crippen LogP) is 1.93. The highest BCUT2D eigenvalue weighted by molar-refractivity contribution is 8.01. The van der Waals surface area contributed by atoms with Crippen molar-refractivity contribution in [2.45, 2.75) is 50.8 Å². The normalized spacial score (nSPS) is 29.4. The predicted molar refractivity (Wildman–Crippen MR) is 64.6 cm³/mol. The molecule has 0 aromatic carbocycles. The van der Waals surface area contributed by atoms with Gasteiger partial charge in [0.25, 0.3) is 0 Å². The Morgan fingerprint density at radius 1 is 1.50 bits per heavy atom. The molecule has 0 radical (unpaired) electrons. The van der Waals surface area contributed by atoms with Gasteiger partial charge in [0, 0.05) is 0 Å². The molecule has 3 N–H and O–H groups in total. The van der Waals surface area contributed by atoms with Gasteiger partial charge in [-0.1, -0.05) is 0 Å². The number of hydrogen-bond acceptors (Lipinski definition) is 3. The highest BCUT2D eigenvalue weighted by Crippen LogP contribution is 2.38. The smallest absolute Gasteiger partial charge is 0.127 e. The average molecular weight is 215 g/mol. The number of thioether (sulfide) groups is 1. The number of hydrazine groups is 1. The van der Waals surface area contributed by atoms with Crippen LogP contribution in [0.1, 0.15) is 40.5 Å². The zero-order valence-electron chi connectivity index (χ0n) is 9.55. The summed E-state index contributed by atoms with van der Waals surface area (Å²) in [4.78, 5) is 4.64.